The van der Waals surface area contributed by atoms with Crippen LogP contribution in [-0.4, -0.2) is 28.7 Å². The summed E-state index contributed by atoms with van der Waals surface area (Å²) in [7, 11) is -3.05. The van der Waals surface area contributed by atoms with Crippen LogP contribution in [0.5, 0.6) is 0 Å². The van der Waals surface area contributed by atoms with Gasteiger partial charge in [0.1, 0.15) is 5.49 Å². The third-order valence-corrected chi connectivity index (χ3v) is 5.35. The van der Waals surface area contributed by atoms with Gasteiger partial charge in [-0.1, -0.05) is 23.4 Å². The van der Waals surface area contributed by atoms with Gasteiger partial charge in [0.25, 0.3) is 0 Å². The van der Waals surface area contributed by atoms with E-state index in [0.29, 0.717) is 23.4 Å². The van der Waals surface area contributed by atoms with Crippen LogP contribution in [-0.2, 0) is 13.6 Å². The second-order valence-corrected chi connectivity index (χ2v) is 6.77. The first-order chi connectivity index (χ1) is 8.09. The van der Waals surface area contributed by atoms with Gasteiger partial charge in [0.2, 0.25) is 0 Å². The van der Waals surface area contributed by atoms with E-state index in [4.69, 9.17) is 20.6 Å². The Morgan fingerprint density at radius 1 is 1.29 bits per heavy atom. The van der Waals surface area contributed by atoms with E-state index in [0.717, 1.165) is 0 Å². The lowest BCUT2D eigenvalue weighted by molar-refractivity contribution is 0.224. The highest BCUT2D eigenvalue weighted by Crippen LogP contribution is 2.51. The molecule has 0 saturated heterocycles. The summed E-state index contributed by atoms with van der Waals surface area (Å²) in [5.41, 5.74) is 0.191. The van der Waals surface area contributed by atoms with Crippen molar-refractivity contribution in [2.45, 2.75) is 19.0 Å². The van der Waals surface area contributed by atoms with Crippen LogP contribution in [0.2, 0.25) is 5.02 Å². The van der Waals surface area contributed by atoms with Crippen LogP contribution in [0.4, 0.5) is 0 Å². The second-order valence-electron chi connectivity index (χ2n) is 2.90. The number of hydrogen-bond donors (Lipinski definition) is 0. The topological polar surface area (TPSA) is 61.3 Å². The Labute approximate surface area is 110 Å². The number of hydrogen-bond acceptors (Lipinski definition) is 6. The van der Waals surface area contributed by atoms with Crippen LogP contribution in [0.25, 0.3) is 0 Å². The average Bonchev–Trinajstić information content (AvgIpc) is 2.29. The molecule has 0 N–H and O–H groups in total. The van der Waals surface area contributed by atoms with Crippen LogP contribution in [0.15, 0.2) is 17.6 Å². The molecule has 1 aromatic rings. The summed E-state index contributed by atoms with van der Waals surface area (Å²) in [6, 6.07) is 0. The van der Waals surface area contributed by atoms with Crippen molar-refractivity contribution in [1.82, 2.24) is 9.97 Å². The Kier molecular flexibility index (Phi) is 6.44. The van der Waals surface area contributed by atoms with Gasteiger partial charge in [-0.2, -0.15) is 0 Å². The van der Waals surface area contributed by atoms with Crippen molar-refractivity contribution in [3.63, 3.8) is 0 Å². The molecule has 0 aromatic carbocycles. The third kappa shape index (κ3) is 5.36. The Morgan fingerprint density at radius 2 is 1.82 bits per heavy atom. The smallest absolute Gasteiger partial charge is 0.308 e. The molecule has 5 nitrogen and oxygen atoms in total. The Hall–Kier alpha value is -0.130. The van der Waals surface area contributed by atoms with Crippen molar-refractivity contribution in [2.75, 3.05) is 18.7 Å². The summed E-state index contributed by atoms with van der Waals surface area (Å²) in [6.45, 7) is 4.24. The average molecular weight is 297 g/mol. The molecule has 0 unspecified atom stereocenters. The molecular formula is C9H14ClN2O3PS. The van der Waals surface area contributed by atoms with Crippen molar-refractivity contribution < 1.29 is 13.6 Å². The van der Waals surface area contributed by atoms with E-state index in [1.807, 2.05) is 0 Å². The van der Waals surface area contributed by atoms with Crippen LogP contribution < -0.4 is 0 Å². The summed E-state index contributed by atoms with van der Waals surface area (Å²) < 4.78 is 22.4. The molecule has 0 spiro atoms. The first-order valence-electron chi connectivity index (χ1n) is 5.08. The van der Waals surface area contributed by atoms with Crippen LogP contribution in [0, 0.1) is 0 Å². The fourth-order valence-corrected chi connectivity index (χ4v) is 3.92. The summed E-state index contributed by atoms with van der Waals surface area (Å²) >= 11 is 6.88. The molecule has 0 bridgehead atoms. The predicted molar refractivity (Wildman–Crippen MR) is 68.6 cm³/mol. The number of aromatic nitrogens is 2. The molecule has 1 rings (SSSR count). The van der Waals surface area contributed by atoms with Crippen molar-refractivity contribution in [3.8, 4) is 0 Å². The van der Waals surface area contributed by atoms with E-state index in [-0.39, 0.29) is 5.49 Å². The van der Waals surface area contributed by atoms with Crippen LogP contribution >= 0.6 is 31.0 Å². The lowest BCUT2D eigenvalue weighted by Gasteiger charge is -2.15. The molecule has 0 radical (unpaired) electrons. The molecule has 0 aliphatic heterocycles. The molecule has 17 heavy (non-hydrogen) atoms. The molecule has 0 fully saturated rings. The maximum atomic E-state index is 12.1. The third-order valence-electron chi connectivity index (χ3n) is 1.60. The fraction of sp³-hybridized carbons (Fsp3) is 0.556. The quantitative estimate of drug-likeness (QED) is 0.436. The molecule has 1 heterocycles. The van der Waals surface area contributed by atoms with Gasteiger partial charge in [0, 0.05) is 0 Å². The largest absolute Gasteiger partial charge is 0.340 e. The Balaban J connectivity index is 2.57. The van der Waals surface area contributed by atoms with Gasteiger partial charge >= 0.3 is 7.60 Å². The highest BCUT2D eigenvalue weighted by molar-refractivity contribution is 8.04. The lowest BCUT2D eigenvalue weighted by Crippen LogP contribution is -1.98. The van der Waals surface area contributed by atoms with E-state index in [9.17, 15) is 4.57 Å². The Bertz CT molecular complexity index is 380. The Morgan fingerprint density at radius 3 is 2.29 bits per heavy atom. The molecule has 96 valence electrons. The van der Waals surface area contributed by atoms with Gasteiger partial charge in [0.15, 0.2) is 5.16 Å². The highest BCUT2D eigenvalue weighted by atomic mass is 35.5. The SMILES string of the molecule is CCOP(=O)(CSc1ncc(Cl)cn1)OCC. The summed E-state index contributed by atoms with van der Waals surface area (Å²) in [4.78, 5) is 7.98. The number of thioether (sulfide) groups is 1. The van der Waals surface area contributed by atoms with Gasteiger partial charge in [0.05, 0.1) is 30.6 Å². The molecule has 0 saturated carbocycles. The van der Waals surface area contributed by atoms with E-state index >= 15 is 0 Å². The molecule has 0 atom stereocenters. The zero-order valence-corrected chi connectivity index (χ0v) is 12.1. The van der Waals surface area contributed by atoms with Gasteiger partial charge < -0.3 is 9.05 Å². The maximum Gasteiger partial charge on any atom is 0.340 e. The summed E-state index contributed by atoms with van der Waals surface area (Å²) in [5, 5.41) is 0.959. The van der Waals surface area contributed by atoms with E-state index in [2.05, 4.69) is 9.97 Å². The summed E-state index contributed by atoms with van der Waals surface area (Å²) in [5.74, 6) is 0. The first-order valence-corrected chi connectivity index (χ1v) is 8.17. The molecule has 0 aliphatic rings. The standard InChI is InChI=1S/C9H14ClN2O3PS/c1-3-14-16(13,15-4-2)7-17-9-11-5-8(10)6-12-9/h5-6H,3-4,7H2,1-2H3. The zero-order chi connectivity index (χ0) is 12.7. The van der Waals surface area contributed by atoms with Crippen molar-refractivity contribution in [2.24, 2.45) is 0 Å². The van der Waals surface area contributed by atoms with Gasteiger partial charge in [-0.15, -0.1) is 0 Å². The van der Waals surface area contributed by atoms with Gasteiger partial charge in [-0.3, -0.25) is 4.57 Å². The normalized spacial score (nSPS) is 11.7. The number of nitrogens with zero attached hydrogens (tertiary/aromatic N) is 2. The molecule has 0 amide bonds. The maximum absolute atomic E-state index is 12.1. The first kappa shape index (κ1) is 14.9. The molecule has 8 heteroatoms. The van der Waals surface area contributed by atoms with Crippen molar-refractivity contribution in [3.05, 3.63) is 17.4 Å². The number of halogens is 1. The molecule has 1 aromatic heterocycles. The van der Waals surface area contributed by atoms with Crippen LogP contribution in [0.3, 0.4) is 0 Å². The van der Waals surface area contributed by atoms with E-state index < -0.39 is 7.60 Å². The lowest BCUT2D eigenvalue weighted by atomic mass is 10.7. The van der Waals surface area contributed by atoms with Crippen molar-refractivity contribution in [1.29, 1.82) is 0 Å². The predicted octanol–water partition coefficient (Wildman–Crippen LogP) is 3.45. The van der Waals surface area contributed by atoms with Crippen molar-refractivity contribution >= 4 is 31.0 Å². The minimum Gasteiger partial charge on any atom is -0.308 e. The molecular weight excluding hydrogens is 283 g/mol. The molecule has 0 aliphatic carbocycles. The fourth-order valence-electron chi connectivity index (χ4n) is 1.02. The monoisotopic (exact) mass is 296 g/mol. The van der Waals surface area contributed by atoms with E-state index in [1.165, 1.54) is 24.2 Å². The minimum atomic E-state index is -3.05. The van der Waals surface area contributed by atoms with E-state index in [1.54, 1.807) is 13.8 Å². The summed E-state index contributed by atoms with van der Waals surface area (Å²) in [6.07, 6.45) is 2.98. The van der Waals surface area contributed by atoms with Gasteiger partial charge in [-0.25, -0.2) is 9.97 Å². The second kappa shape index (κ2) is 7.34. The highest BCUT2D eigenvalue weighted by Gasteiger charge is 2.24. The van der Waals surface area contributed by atoms with Gasteiger partial charge in [-0.05, 0) is 13.8 Å². The number of rotatable bonds is 7. The van der Waals surface area contributed by atoms with Crippen LogP contribution in [0.1, 0.15) is 13.8 Å². The zero-order valence-electron chi connectivity index (χ0n) is 9.63. The minimum absolute atomic E-state index is 0.191.